The van der Waals surface area contributed by atoms with E-state index in [1.807, 2.05) is 0 Å². The van der Waals surface area contributed by atoms with Crippen LogP contribution in [0, 0.1) is 0 Å². The first kappa shape index (κ1) is 34.2. The van der Waals surface area contributed by atoms with Gasteiger partial charge in [-0.05, 0) is 42.3 Å². The molecule has 0 aromatic carbocycles. The summed E-state index contributed by atoms with van der Waals surface area (Å²) in [6.07, 6.45) is 1.11. The molecule has 1 aliphatic rings. The second kappa shape index (κ2) is 11.9. The van der Waals surface area contributed by atoms with Gasteiger partial charge in [0, 0.05) is 12.3 Å². The highest BCUT2D eigenvalue weighted by Gasteiger charge is 2.55. The minimum Gasteiger partial charge on any atom is -0.408 e. The molecule has 0 radical (unpaired) electrons. The Morgan fingerprint density at radius 1 is 0.977 bits per heavy atom. The molecule has 0 aliphatic carbocycles. The van der Waals surface area contributed by atoms with Gasteiger partial charge >= 0.3 is 10.3 Å². The Bertz CT molecular complexity index is 1650. The van der Waals surface area contributed by atoms with Crippen LogP contribution in [-0.4, -0.2) is 74.2 Å². The molecule has 44 heavy (non-hydrogen) atoms. The molecule has 3 aromatic heterocycles. The third kappa shape index (κ3) is 7.08. The molecule has 4 heterocycles. The van der Waals surface area contributed by atoms with Gasteiger partial charge in [0.15, 0.2) is 34.3 Å². The molecule has 244 valence electrons. The highest BCUT2D eigenvalue weighted by Crippen LogP contribution is 2.46. The number of nitrogens with zero attached hydrogens (tertiary/aromatic N) is 5. The molecule has 0 saturated carbocycles. The molecule has 0 spiro atoms. The number of rotatable bonds is 10. The third-order valence-corrected chi connectivity index (χ3v) is 18.7. The molecular weight excluding hydrogens is 623 g/mol. The van der Waals surface area contributed by atoms with Crippen molar-refractivity contribution in [2.45, 2.75) is 102 Å². The molecule has 4 rings (SSSR count). The fourth-order valence-electron chi connectivity index (χ4n) is 4.23. The van der Waals surface area contributed by atoms with Crippen molar-refractivity contribution in [3.8, 4) is 0 Å². The van der Waals surface area contributed by atoms with E-state index in [0.29, 0.717) is 11.2 Å². The van der Waals surface area contributed by atoms with Crippen molar-refractivity contribution in [3.63, 3.8) is 0 Å². The van der Waals surface area contributed by atoms with E-state index < -0.39 is 63.6 Å². The Labute approximate surface area is 260 Å². The molecule has 0 unspecified atom stereocenters. The van der Waals surface area contributed by atoms with E-state index in [9.17, 15) is 13.2 Å². The van der Waals surface area contributed by atoms with Crippen molar-refractivity contribution in [2.24, 2.45) is 0 Å². The highest BCUT2D eigenvalue weighted by atomic mass is 32.2. The van der Waals surface area contributed by atoms with E-state index in [1.165, 1.54) is 30.7 Å². The smallest absolute Gasteiger partial charge is 0.373 e. The van der Waals surface area contributed by atoms with Crippen LogP contribution in [0.2, 0.25) is 36.3 Å². The van der Waals surface area contributed by atoms with Gasteiger partial charge in [-0.15, -0.1) is 0 Å². The number of anilines is 1. The van der Waals surface area contributed by atoms with E-state index in [1.54, 1.807) is 10.9 Å². The second-order valence-electron chi connectivity index (χ2n) is 14.1. The van der Waals surface area contributed by atoms with Crippen molar-refractivity contribution < 1.29 is 26.2 Å². The van der Waals surface area contributed by atoms with E-state index in [-0.39, 0.29) is 15.9 Å². The zero-order chi connectivity index (χ0) is 32.9. The lowest BCUT2D eigenvalue weighted by atomic mass is 10.1. The zero-order valence-corrected chi connectivity index (χ0v) is 29.9. The second-order valence-corrected chi connectivity index (χ2v) is 24.9. The van der Waals surface area contributed by atoms with Crippen LogP contribution in [0.3, 0.4) is 0 Å². The van der Waals surface area contributed by atoms with Crippen LogP contribution < -0.4 is 16.1 Å². The lowest BCUT2D eigenvalue weighted by Gasteiger charge is -2.44. The predicted molar refractivity (Wildman–Crippen MR) is 173 cm³/mol. The summed E-state index contributed by atoms with van der Waals surface area (Å²) in [6.45, 7) is 20.9. The molecule has 14 nitrogen and oxygen atoms in total. The number of nitrogens with one attached hydrogen (secondary N) is 1. The fourth-order valence-corrected chi connectivity index (χ4v) is 7.59. The number of imidazole rings is 1. The Balaban J connectivity index is 1.77. The largest absolute Gasteiger partial charge is 0.408 e. The van der Waals surface area contributed by atoms with Crippen molar-refractivity contribution in [2.75, 3.05) is 17.2 Å². The Morgan fingerprint density at radius 2 is 1.59 bits per heavy atom. The molecule has 3 aromatic rings. The quantitative estimate of drug-likeness (QED) is 0.301. The lowest BCUT2D eigenvalue weighted by Crippen LogP contribution is -2.54. The molecule has 0 bridgehead atoms. The van der Waals surface area contributed by atoms with Crippen LogP contribution in [-0.2, 0) is 28.1 Å². The maximum atomic E-state index is 13.0. The number of fused-ring (bicyclic) bond motifs is 1. The topological polar surface area (TPSA) is 175 Å². The van der Waals surface area contributed by atoms with Crippen LogP contribution in [0.1, 0.15) is 47.8 Å². The average molecular weight is 668 g/mol. The van der Waals surface area contributed by atoms with Crippen LogP contribution in [0.5, 0.6) is 0 Å². The van der Waals surface area contributed by atoms with Gasteiger partial charge in [-0.1, -0.05) is 47.6 Å². The summed E-state index contributed by atoms with van der Waals surface area (Å²) < 4.78 is 54.5. The van der Waals surface area contributed by atoms with Crippen molar-refractivity contribution in [1.82, 2.24) is 24.2 Å². The zero-order valence-electron chi connectivity index (χ0n) is 27.1. The summed E-state index contributed by atoms with van der Waals surface area (Å²) in [5, 5.41) is -0.336. The van der Waals surface area contributed by atoms with Crippen molar-refractivity contribution >= 4 is 43.9 Å². The number of nitrogens with two attached hydrogens (primary N) is 1. The van der Waals surface area contributed by atoms with Crippen molar-refractivity contribution in [1.29, 1.82) is 0 Å². The van der Waals surface area contributed by atoms with Gasteiger partial charge in [0.1, 0.15) is 30.2 Å². The minimum atomic E-state index is -4.43. The van der Waals surface area contributed by atoms with Crippen molar-refractivity contribution in [3.05, 3.63) is 47.4 Å². The van der Waals surface area contributed by atoms with E-state index in [0.717, 1.165) is 4.68 Å². The Kier molecular flexibility index (Phi) is 9.27. The maximum absolute atomic E-state index is 13.0. The molecule has 0 amide bonds. The highest BCUT2D eigenvalue weighted by molar-refractivity contribution is 7.87. The monoisotopic (exact) mass is 667 g/mol. The number of pyridine rings is 1. The fraction of sp³-hybridized carbons (Fsp3) is 0.630. The van der Waals surface area contributed by atoms with Crippen LogP contribution in [0.4, 0.5) is 5.82 Å². The number of hydrogen-bond donors (Lipinski definition) is 2. The maximum Gasteiger partial charge on any atom is 0.373 e. The molecule has 3 N–H and O–H groups in total. The molecule has 4 atom stereocenters. The van der Waals surface area contributed by atoms with E-state index in [4.69, 9.17) is 23.5 Å². The number of aromatic nitrogens is 5. The summed E-state index contributed by atoms with van der Waals surface area (Å²) in [4.78, 5) is 27.2. The normalized spacial score (nSPS) is 22.0. The molecular formula is C27H45N7O7SSi2. The van der Waals surface area contributed by atoms with Gasteiger partial charge in [0.2, 0.25) is 0 Å². The first-order valence-electron chi connectivity index (χ1n) is 14.4. The minimum absolute atomic E-state index is 0.159. The Morgan fingerprint density at radius 3 is 2.18 bits per heavy atom. The molecule has 1 aliphatic heterocycles. The van der Waals surface area contributed by atoms with Crippen LogP contribution in [0.15, 0.2) is 41.8 Å². The third-order valence-electron chi connectivity index (χ3n) is 8.84. The number of nitrogen functional groups attached to an aromatic ring is 1. The first-order valence-corrected chi connectivity index (χ1v) is 21.6. The summed E-state index contributed by atoms with van der Waals surface area (Å²) in [5.74, 6) is 0.218. The average Bonchev–Trinajstić information content (AvgIpc) is 3.45. The molecule has 17 heteroatoms. The van der Waals surface area contributed by atoms with E-state index >= 15 is 0 Å². The van der Waals surface area contributed by atoms with Gasteiger partial charge in [-0.25, -0.2) is 23.8 Å². The van der Waals surface area contributed by atoms with Crippen LogP contribution in [0.25, 0.3) is 11.2 Å². The van der Waals surface area contributed by atoms with Gasteiger partial charge in [-0.2, -0.15) is 13.2 Å². The molecule has 1 fully saturated rings. The lowest BCUT2D eigenvalue weighted by molar-refractivity contribution is -0.0445. The number of hydrogen-bond acceptors (Lipinski definition) is 11. The number of ether oxygens (including phenoxy) is 1. The summed E-state index contributed by atoms with van der Waals surface area (Å²) in [5.41, 5.74) is 6.37. The van der Waals surface area contributed by atoms with Gasteiger partial charge < -0.3 is 19.3 Å². The first-order chi connectivity index (χ1) is 20.1. The SMILES string of the molecule is CC(C)(C)[Si](C)(C)O[C@@H]1[C@H](O[Si](C)(C)C(C)(C)C)[C@@H](COS(=O)(=O)Nn2ccccc2=O)O[C@H]1n1cnc2c(N)ncnc21. The van der Waals surface area contributed by atoms with E-state index in [2.05, 4.69) is 87.5 Å². The van der Waals surface area contributed by atoms with Gasteiger partial charge in [0.25, 0.3) is 5.56 Å². The predicted octanol–water partition coefficient (Wildman–Crippen LogP) is 3.75. The Hall–Kier alpha value is -2.68. The van der Waals surface area contributed by atoms with Gasteiger partial charge in [0.05, 0.1) is 12.9 Å². The standard InChI is InChI=1S/C27H45N7O7SSi2/c1-26(2,3)43(7,8)40-21-18(15-38-42(36,37)32-34-14-12-11-13-19(34)35)39-25(22(21)41-44(9,10)27(4,5)6)33-17-31-20-23(28)29-16-30-24(20)33/h11-14,16-18,21-22,25,32H,15H2,1-10H3,(H2,28,29,30)/t18-,21-,22-,25-/m1/s1. The summed E-state index contributed by atoms with van der Waals surface area (Å²) in [7, 11) is -9.36. The van der Waals surface area contributed by atoms with Crippen LogP contribution >= 0.6 is 0 Å². The molecule has 1 saturated heterocycles. The summed E-state index contributed by atoms with van der Waals surface area (Å²) >= 11 is 0. The summed E-state index contributed by atoms with van der Waals surface area (Å²) in [6, 6.07) is 4.25. The van der Waals surface area contributed by atoms with Gasteiger partial charge in [-0.3, -0.25) is 9.36 Å².